The van der Waals surface area contributed by atoms with Gasteiger partial charge in [-0.25, -0.2) is 45.5 Å². The zero-order valence-electron chi connectivity index (χ0n) is 28.6. The van der Waals surface area contributed by atoms with Crippen molar-refractivity contribution in [1.29, 1.82) is 0 Å². The molecule has 0 aliphatic heterocycles. The van der Waals surface area contributed by atoms with Crippen LogP contribution in [0.1, 0.15) is 38.3 Å². The van der Waals surface area contributed by atoms with Crippen molar-refractivity contribution < 1.29 is 50.4 Å². The molecule has 54 heavy (non-hydrogen) atoms. The molecule has 6 amide bonds. The molecule has 17 nitrogen and oxygen atoms in total. The van der Waals surface area contributed by atoms with Gasteiger partial charge in [0.15, 0.2) is 0 Å². The van der Waals surface area contributed by atoms with E-state index in [0.29, 0.717) is 16.4 Å². The van der Waals surface area contributed by atoms with Crippen molar-refractivity contribution in [2.75, 3.05) is 23.0 Å². The summed E-state index contributed by atoms with van der Waals surface area (Å²) >= 11 is 0.673. The second kappa shape index (κ2) is 17.6. The highest BCUT2D eigenvalue weighted by molar-refractivity contribution is 7.97. The second-order valence-electron chi connectivity index (χ2n) is 11.3. The first kappa shape index (κ1) is 40.6. The first-order chi connectivity index (χ1) is 25.5. The van der Waals surface area contributed by atoms with Gasteiger partial charge in [0.2, 0.25) is 9.84 Å². The Balaban J connectivity index is 1.31. The molecule has 0 heterocycles. The first-order valence-electron chi connectivity index (χ1n) is 15.6. The molecule has 0 saturated heterocycles. The Kier molecular flexibility index (Phi) is 13.2. The van der Waals surface area contributed by atoms with Gasteiger partial charge in [0.1, 0.15) is 0 Å². The van der Waals surface area contributed by atoms with Crippen molar-refractivity contribution >= 4 is 73.2 Å². The standard InChI is InChI=1S/C34H34N6O11S3/c1-21-7-11-25(12-8-21)53(46,47)27-15-16-28(29(20-27)38-32(35)43)31(42)50-17-4-18-52-40(33(36)44)51-30(41)23-5-3-6-24(19-23)37-34(45)39-54(48,49)26-13-9-22(2)10-14-26/h3,5-16,19-20H,4,17-18H2,1-2H3,(H2,36,44)(H3,35,38,43)(H2,37,39,45). The quantitative estimate of drug-likeness (QED) is 0.0543. The van der Waals surface area contributed by atoms with Crippen molar-refractivity contribution in [3.05, 3.63) is 113 Å². The Morgan fingerprint density at radius 3 is 1.96 bits per heavy atom. The van der Waals surface area contributed by atoms with E-state index in [-0.39, 0.29) is 56.0 Å². The van der Waals surface area contributed by atoms with Gasteiger partial charge >= 0.3 is 30.0 Å². The molecule has 0 bridgehead atoms. The van der Waals surface area contributed by atoms with Crippen molar-refractivity contribution in [2.24, 2.45) is 11.5 Å². The Morgan fingerprint density at radius 1 is 0.741 bits per heavy atom. The minimum Gasteiger partial charge on any atom is -0.462 e. The van der Waals surface area contributed by atoms with E-state index < -0.39 is 49.9 Å². The maximum Gasteiger partial charge on any atom is 0.364 e. The number of anilines is 2. The number of urea groups is 3. The number of ether oxygens (including phenoxy) is 1. The molecule has 20 heteroatoms. The average Bonchev–Trinajstić information content (AvgIpc) is 3.10. The van der Waals surface area contributed by atoms with Crippen LogP contribution in [-0.4, -0.2) is 63.7 Å². The van der Waals surface area contributed by atoms with Gasteiger partial charge in [-0.15, -0.1) is 0 Å². The molecule has 0 radical (unpaired) electrons. The molecule has 7 N–H and O–H groups in total. The summed E-state index contributed by atoms with van der Waals surface area (Å²) in [6.07, 6.45) is 0.107. The molecule has 0 aliphatic carbocycles. The highest BCUT2D eigenvalue weighted by atomic mass is 32.2. The van der Waals surface area contributed by atoms with Gasteiger partial charge in [0.05, 0.1) is 38.1 Å². The number of nitrogens with zero attached hydrogens (tertiary/aromatic N) is 1. The number of hydrogen-bond donors (Lipinski definition) is 5. The molecule has 284 valence electrons. The Hall–Kier alpha value is -6.12. The summed E-state index contributed by atoms with van der Waals surface area (Å²) in [6, 6.07) is 17.3. The fourth-order valence-electron chi connectivity index (χ4n) is 4.45. The van der Waals surface area contributed by atoms with Gasteiger partial charge in [0.25, 0.3) is 10.0 Å². The average molecular weight is 799 g/mol. The Morgan fingerprint density at radius 2 is 1.35 bits per heavy atom. The molecule has 0 aliphatic rings. The monoisotopic (exact) mass is 798 g/mol. The number of sulfonamides is 1. The lowest BCUT2D eigenvalue weighted by Crippen LogP contribution is -2.34. The molecular formula is C34H34N6O11S3. The molecule has 0 atom stereocenters. The number of aryl methyl sites for hydroxylation is 2. The third-order valence-electron chi connectivity index (χ3n) is 7.10. The van der Waals surface area contributed by atoms with E-state index in [9.17, 15) is 40.8 Å². The second-order valence-corrected chi connectivity index (χ2v) is 15.9. The number of hydrogen-bond acceptors (Lipinski definition) is 12. The smallest absolute Gasteiger partial charge is 0.364 e. The minimum atomic E-state index is -4.19. The number of carbonyl (C=O) groups excluding carboxylic acids is 5. The van der Waals surface area contributed by atoms with Crippen LogP contribution in [0.3, 0.4) is 0 Å². The number of benzene rings is 4. The molecule has 0 unspecified atom stereocenters. The van der Waals surface area contributed by atoms with Crippen molar-refractivity contribution in [1.82, 2.24) is 9.19 Å². The summed E-state index contributed by atoms with van der Waals surface area (Å²) in [7, 11) is -8.20. The molecule has 0 fully saturated rings. The fraction of sp³-hybridized carbons (Fsp3) is 0.147. The number of hydroxylamine groups is 1. The SMILES string of the molecule is Cc1ccc(S(=O)(=O)NC(=O)Nc2cccc(C(=O)ON(SCCCOC(=O)c3ccc(S(=O)(=O)c4ccc(C)cc4)cc3NC(N)=O)C(N)=O)c2)cc1. The zero-order chi connectivity index (χ0) is 39.6. The van der Waals surface area contributed by atoms with Gasteiger partial charge in [-0.3, -0.25) is 0 Å². The number of sulfone groups is 1. The first-order valence-corrected chi connectivity index (χ1v) is 19.5. The Labute approximate surface area is 314 Å². The fourth-order valence-corrected chi connectivity index (χ4v) is 7.30. The molecular weight excluding hydrogens is 765 g/mol. The number of nitrogens with two attached hydrogens (primary N) is 2. The van der Waals surface area contributed by atoms with Crippen LogP contribution in [0.5, 0.6) is 0 Å². The molecule has 0 saturated carbocycles. The number of nitrogens with one attached hydrogen (secondary N) is 3. The maximum absolute atomic E-state index is 13.1. The van der Waals surface area contributed by atoms with E-state index in [0.717, 1.165) is 17.2 Å². The highest BCUT2D eigenvalue weighted by Gasteiger charge is 2.24. The van der Waals surface area contributed by atoms with Gasteiger partial charge in [-0.2, -0.15) is 0 Å². The van der Waals surface area contributed by atoms with E-state index in [2.05, 4.69) is 10.6 Å². The predicted octanol–water partition coefficient (Wildman–Crippen LogP) is 4.49. The molecule has 0 aromatic heterocycles. The summed E-state index contributed by atoms with van der Waals surface area (Å²) in [5.41, 5.74) is 11.8. The lowest BCUT2D eigenvalue weighted by molar-refractivity contribution is -0.0125. The summed E-state index contributed by atoms with van der Waals surface area (Å²) in [4.78, 5) is 66.5. The summed E-state index contributed by atoms with van der Waals surface area (Å²) in [6.45, 7) is 3.35. The number of amides is 6. The van der Waals surface area contributed by atoms with Crippen LogP contribution in [0.15, 0.2) is 106 Å². The van der Waals surface area contributed by atoms with E-state index in [1.54, 1.807) is 38.1 Å². The summed E-state index contributed by atoms with van der Waals surface area (Å²) in [5.74, 6) is -1.93. The normalized spacial score (nSPS) is 11.1. The lowest BCUT2D eigenvalue weighted by atomic mass is 10.2. The minimum absolute atomic E-state index is 0.000853. The molecule has 4 rings (SSSR count). The topological polar surface area (TPSA) is 263 Å². The van der Waals surface area contributed by atoms with E-state index >= 15 is 0 Å². The van der Waals surface area contributed by atoms with E-state index in [1.807, 2.05) is 4.72 Å². The number of rotatable bonds is 13. The predicted molar refractivity (Wildman–Crippen MR) is 197 cm³/mol. The van der Waals surface area contributed by atoms with Crippen LogP contribution >= 0.6 is 11.9 Å². The van der Waals surface area contributed by atoms with Crippen molar-refractivity contribution in [3.8, 4) is 0 Å². The van der Waals surface area contributed by atoms with Crippen LogP contribution < -0.4 is 26.8 Å². The third kappa shape index (κ3) is 10.9. The largest absolute Gasteiger partial charge is 0.462 e. The summed E-state index contributed by atoms with van der Waals surface area (Å²) < 4.78 is 58.9. The lowest BCUT2D eigenvalue weighted by Gasteiger charge is -2.17. The zero-order valence-corrected chi connectivity index (χ0v) is 31.0. The molecule has 4 aromatic rings. The van der Waals surface area contributed by atoms with Gasteiger partial charge in [-0.1, -0.05) is 45.9 Å². The van der Waals surface area contributed by atoms with Crippen LogP contribution in [-0.2, 0) is 29.4 Å². The van der Waals surface area contributed by atoms with Gasteiger partial charge in [0, 0.05) is 11.4 Å². The van der Waals surface area contributed by atoms with Crippen LogP contribution in [0.2, 0.25) is 0 Å². The van der Waals surface area contributed by atoms with Crippen LogP contribution in [0.4, 0.5) is 25.8 Å². The van der Waals surface area contributed by atoms with Gasteiger partial charge in [-0.05, 0) is 92.9 Å². The Bertz CT molecular complexity index is 2280. The van der Waals surface area contributed by atoms with Crippen molar-refractivity contribution in [3.63, 3.8) is 0 Å². The van der Waals surface area contributed by atoms with Gasteiger partial charge < -0.3 is 31.7 Å². The third-order valence-corrected chi connectivity index (χ3v) is 11.2. The van der Waals surface area contributed by atoms with Crippen molar-refractivity contribution in [2.45, 2.75) is 35.0 Å². The number of esters is 1. The highest BCUT2D eigenvalue weighted by Crippen LogP contribution is 2.27. The van der Waals surface area contributed by atoms with E-state index in [1.165, 1.54) is 60.7 Å². The number of carbonyl (C=O) groups is 5. The summed E-state index contributed by atoms with van der Waals surface area (Å²) in [5, 5.41) is 4.54. The maximum atomic E-state index is 13.1. The van der Waals surface area contributed by atoms with Crippen LogP contribution in [0.25, 0.3) is 0 Å². The van der Waals surface area contributed by atoms with Crippen LogP contribution in [0, 0.1) is 13.8 Å². The van der Waals surface area contributed by atoms with E-state index in [4.69, 9.17) is 21.0 Å². The number of primary amides is 2. The molecule has 4 aromatic carbocycles. The molecule has 0 spiro atoms.